The standard InChI is InChI=1S/C20H15NOS/c1-14-12-13-23-19(14)17-18(15-8-4-2-5-9-15)22-20(21-17)16-10-6-3-7-11-16/h2-13H,1H3. The average molecular weight is 317 g/mol. The van der Waals surface area contributed by atoms with E-state index >= 15 is 0 Å². The molecule has 0 saturated carbocycles. The van der Waals surface area contributed by atoms with Crippen LogP contribution in [0.2, 0.25) is 0 Å². The molecule has 2 nitrogen and oxygen atoms in total. The maximum atomic E-state index is 6.16. The summed E-state index contributed by atoms with van der Waals surface area (Å²) in [6, 6.07) is 22.3. The smallest absolute Gasteiger partial charge is 0.227 e. The minimum absolute atomic E-state index is 0.659. The second-order valence-electron chi connectivity index (χ2n) is 5.36. The Kier molecular flexibility index (Phi) is 3.56. The van der Waals surface area contributed by atoms with E-state index in [1.54, 1.807) is 11.3 Å². The van der Waals surface area contributed by atoms with Crippen LogP contribution in [0.3, 0.4) is 0 Å². The molecule has 0 aliphatic heterocycles. The number of rotatable bonds is 3. The van der Waals surface area contributed by atoms with Crippen LogP contribution in [-0.4, -0.2) is 4.98 Å². The number of nitrogens with zero attached hydrogens (tertiary/aromatic N) is 1. The Labute approximate surface area is 139 Å². The van der Waals surface area contributed by atoms with Crippen molar-refractivity contribution in [1.82, 2.24) is 4.98 Å². The molecule has 3 heteroatoms. The largest absolute Gasteiger partial charge is 0.435 e. The lowest BCUT2D eigenvalue weighted by atomic mass is 10.1. The van der Waals surface area contributed by atoms with Gasteiger partial charge in [-0.15, -0.1) is 11.3 Å². The highest BCUT2D eigenvalue weighted by Crippen LogP contribution is 2.39. The van der Waals surface area contributed by atoms with Gasteiger partial charge in [0.1, 0.15) is 5.69 Å². The van der Waals surface area contributed by atoms with Gasteiger partial charge in [-0.3, -0.25) is 0 Å². The van der Waals surface area contributed by atoms with Gasteiger partial charge in [-0.1, -0.05) is 48.5 Å². The van der Waals surface area contributed by atoms with Crippen molar-refractivity contribution in [2.24, 2.45) is 0 Å². The van der Waals surface area contributed by atoms with Crippen LogP contribution in [0.4, 0.5) is 0 Å². The first kappa shape index (κ1) is 14.0. The van der Waals surface area contributed by atoms with E-state index in [0.717, 1.165) is 27.5 Å². The SMILES string of the molecule is Cc1ccsc1-c1nc(-c2ccccc2)oc1-c1ccccc1. The number of hydrogen-bond acceptors (Lipinski definition) is 3. The predicted octanol–water partition coefficient (Wildman–Crippen LogP) is 6.05. The lowest BCUT2D eigenvalue weighted by molar-refractivity contribution is 0.589. The molecule has 0 aliphatic carbocycles. The van der Waals surface area contributed by atoms with Gasteiger partial charge in [-0.05, 0) is 36.1 Å². The van der Waals surface area contributed by atoms with Crippen LogP contribution in [0.5, 0.6) is 0 Å². The van der Waals surface area contributed by atoms with Gasteiger partial charge in [0.2, 0.25) is 5.89 Å². The lowest BCUT2D eigenvalue weighted by Crippen LogP contribution is -1.81. The molecular weight excluding hydrogens is 302 g/mol. The van der Waals surface area contributed by atoms with E-state index < -0.39 is 0 Å². The Morgan fingerprint density at radius 2 is 1.48 bits per heavy atom. The molecule has 4 rings (SSSR count). The van der Waals surface area contributed by atoms with Crippen LogP contribution < -0.4 is 0 Å². The molecule has 0 atom stereocenters. The zero-order valence-corrected chi connectivity index (χ0v) is 13.5. The number of aromatic nitrogens is 1. The van der Waals surface area contributed by atoms with Crippen LogP contribution in [-0.2, 0) is 0 Å². The Hall–Kier alpha value is -2.65. The lowest BCUT2D eigenvalue weighted by Gasteiger charge is -2.00. The van der Waals surface area contributed by atoms with Gasteiger partial charge in [0.15, 0.2) is 5.76 Å². The molecule has 2 heterocycles. The van der Waals surface area contributed by atoms with Crippen LogP contribution in [0.25, 0.3) is 33.3 Å². The van der Waals surface area contributed by atoms with Crippen molar-refractivity contribution >= 4 is 11.3 Å². The quantitative estimate of drug-likeness (QED) is 0.460. The van der Waals surface area contributed by atoms with Gasteiger partial charge in [0, 0.05) is 11.1 Å². The molecule has 23 heavy (non-hydrogen) atoms. The molecule has 0 aliphatic rings. The molecule has 0 radical (unpaired) electrons. The summed E-state index contributed by atoms with van der Waals surface area (Å²) in [6.45, 7) is 2.11. The van der Waals surface area contributed by atoms with Gasteiger partial charge in [-0.2, -0.15) is 0 Å². The fraction of sp³-hybridized carbons (Fsp3) is 0.0500. The van der Waals surface area contributed by atoms with Crippen LogP contribution >= 0.6 is 11.3 Å². The highest BCUT2D eigenvalue weighted by atomic mass is 32.1. The Balaban J connectivity index is 1.93. The Morgan fingerprint density at radius 1 is 0.826 bits per heavy atom. The van der Waals surface area contributed by atoms with Crippen molar-refractivity contribution in [2.45, 2.75) is 6.92 Å². The molecule has 112 valence electrons. The molecule has 2 aromatic heterocycles. The highest BCUT2D eigenvalue weighted by molar-refractivity contribution is 7.13. The maximum Gasteiger partial charge on any atom is 0.227 e. The Bertz CT molecular complexity index is 923. The van der Waals surface area contributed by atoms with Crippen molar-refractivity contribution in [3.63, 3.8) is 0 Å². The molecule has 0 N–H and O–H groups in total. The van der Waals surface area contributed by atoms with Gasteiger partial charge in [0.05, 0.1) is 4.88 Å². The number of benzene rings is 2. The second kappa shape index (κ2) is 5.86. The predicted molar refractivity (Wildman–Crippen MR) is 95.4 cm³/mol. The van der Waals surface area contributed by atoms with Crippen molar-refractivity contribution in [2.75, 3.05) is 0 Å². The van der Waals surface area contributed by atoms with Crippen molar-refractivity contribution in [1.29, 1.82) is 0 Å². The molecular formula is C20H15NOS. The third kappa shape index (κ3) is 2.60. The number of hydrogen-bond donors (Lipinski definition) is 0. The first-order chi connectivity index (χ1) is 11.3. The van der Waals surface area contributed by atoms with Gasteiger partial charge < -0.3 is 4.42 Å². The summed E-state index contributed by atoms with van der Waals surface area (Å²) in [5.74, 6) is 1.49. The maximum absolute atomic E-state index is 6.16. The molecule has 2 aromatic carbocycles. The minimum Gasteiger partial charge on any atom is -0.435 e. The van der Waals surface area contributed by atoms with Gasteiger partial charge >= 0.3 is 0 Å². The second-order valence-corrected chi connectivity index (χ2v) is 6.28. The van der Waals surface area contributed by atoms with E-state index in [0.29, 0.717) is 5.89 Å². The fourth-order valence-electron chi connectivity index (χ4n) is 2.58. The third-order valence-corrected chi connectivity index (χ3v) is 4.78. The van der Waals surface area contributed by atoms with Crippen molar-refractivity contribution in [3.05, 3.63) is 77.7 Å². The zero-order valence-electron chi connectivity index (χ0n) is 12.7. The number of oxazole rings is 1. The van der Waals surface area contributed by atoms with E-state index in [-0.39, 0.29) is 0 Å². The van der Waals surface area contributed by atoms with E-state index in [4.69, 9.17) is 9.40 Å². The molecule has 0 spiro atoms. The molecule has 4 aromatic rings. The van der Waals surface area contributed by atoms with E-state index in [2.05, 4.69) is 30.5 Å². The number of thiophene rings is 1. The van der Waals surface area contributed by atoms with E-state index in [1.165, 1.54) is 5.56 Å². The van der Waals surface area contributed by atoms with E-state index in [1.807, 2.05) is 48.5 Å². The summed E-state index contributed by atoms with van der Waals surface area (Å²) in [4.78, 5) is 5.97. The topological polar surface area (TPSA) is 26.0 Å². The average Bonchev–Trinajstić information content (AvgIpc) is 3.22. The first-order valence-electron chi connectivity index (χ1n) is 7.49. The van der Waals surface area contributed by atoms with Crippen LogP contribution in [0, 0.1) is 6.92 Å². The summed E-state index contributed by atoms with van der Waals surface area (Å²) in [5, 5.41) is 2.09. The molecule has 0 fully saturated rings. The summed E-state index contributed by atoms with van der Waals surface area (Å²) in [6.07, 6.45) is 0. The number of aryl methyl sites for hydroxylation is 1. The first-order valence-corrected chi connectivity index (χ1v) is 8.37. The minimum atomic E-state index is 0.659. The zero-order chi connectivity index (χ0) is 15.6. The normalized spacial score (nSPS) is 10.8. The van der Waals surface area contributed by atoms with Crippen molar-refractivity contribution in [3.8, 4) is 33.3 Å². The highest BCUT2D eigenvalue weighted by Gasteiger charge is 2.19. The molecule has 0 saturated heterocycles. The fourth-order valence-corrected chi connectivity index (χ4v) is 3.49. The van der Waals surface area contributed by atoms with Crippen LogP contribution in [0.1, 0.15) is 5.56 Å². The summed E-state index contributed by atoms with van der Waals surface area (Å²) < 4.78 is 6.16. The Morgan fingerprint density at radius 3 is 2.09 bits per heavy atom. The van der Waals surface area contributed by atoms with Crippen LogP contribution in [0.15, 0.2) is 76.5 Å². The molecule has 0 unspecified atom stereocenters. The summed E-state index contributed by atoms with van der Waals surface area (Å²) >= 11 is 1.70. The summed E-state index contributed by atoms with van der Waals surface area (Å²) in [5.41, 5.74) is 4.18. The van der Waals surface area contributed by atoms with Crippen molar-refractivity contribution < 1.29 is 4.42 Å². The third-order valence-electron chi connectivity index (χ3n) is 3.76. The van der Waals surface area contributed by atoms with Gasteiger partial charge in [-0.25, -0.2) is 4.98 Å². The van der Waals surface area contributed by atoms with Gasteiger partial charge in [0.25, 0.3) is 0 Å². The van der Waals surface area contributed by atoms with E-state index in [9.17, 15) is 0 Å². The monoisotopic (exact) mass is 317 g/mol. The molecule has 0 amide bonds. The summed E-state index contributed by atoms with van der Waals surface area (Å²) in [7, 11) is 0. The molecule has 0 bridgehead atoms.